The number of anilines is 1. The lowest BCUT2D eigenvalue weighted by molar-refractivity contribution is 0.0644. The van der Waals surface area contributed by atoms with Crippen LogP contribution in [0.15, 0.2) is 30.6 Å². The first kappa shape index (κ1) is 16.9. The van der Waals surface area contributed by atoms with Crippen LogP contribution in [0.1, 0.15) is 38.1 Å². The number of amides is 1. The zero-order valence-electron chi connectivity index (χ0n) is 14.8. The molecule has 0 radical (unpaired) electrons. The van der Waals surface area contributed by atoms with Crippen LogP contribution in [0.2, 0.25) is 0 Å². The van der Waals surface area contributed by atoms with Crippen molar-refractivity contribution in [1.29, 1.82) is 0 Å². The third-order valence-corrected chi connectivity index (χ3v) is 4.06. The van der Waals surface area contributed by atoms with Gasteiger partial charge in [-0.05, 0) is 33.8 Å². The molecule has 0 saturated carbocycles. The number of hydrogen-bond acceptors (Lipinski definition) is 5. The van der Waals surface area contributed by atoms with E-state index in [1.165, 1.54) is 0 Å². The minimum absolute atomic E-state index is 0.0366. The average Bonchev–Trinajstić information content (AvgIpc) is 3.01. The molecule has 3 rings (SSSR count). The number of fused-ring (bicyclic) bond motifs is 1. The summed E-state index contributed by atoms with van der Waals surface area (Å²) in [5.74, 6) is 0.0897. The van der Waals surface area contributed by atoms with Gasteiger partial charge in [0, 0.05) is 23.2 Å². The summed E-state index contributed by atoms with van der Waals surface area (Å²) < 4.78 is 0. The van der Waals surface area contributed by atoms with Gasteiger partial charge in [-0.1, -0.05) is 18.2 Å². The second-order valence-electron chi connectivity index (χ2n) is 6.48. The van der Waals surface area contributed by atoms with Gasteiger partial charge in [-0.25, -0.2) is 9.97 Å². The number of nitrogen functional groups attached to an aromatic ring is 1. The first-order valence-corrected chi connectivity index (χ1v) is 8.28. The van der Waals surface area contributed by atoms with Crippen molar-refractivity contribution in [3.63, 3.8) is 0 Å². The molecule has 25 heavy (non-hydrogen) atoms. The van der Waals surface area contributed by atoms with Crippen LogP contribution in [0.3, 0.4) is 0 Å². The molecule has 130 valence electrons. The van der Waals surface area contributed by atoms with Crippen LogP contribution in [-0.2, 0) is 0 Å². The number of rotatable bonds is 4. The van der Waals surface area contributed by atoms with Crippen LogP contribution >= 0.6 is 0 Å². The average molecular weight is 338 g/mol. The molecule has 3 aromatic rings. The Bertz CT molecular complexity index is 907. The number of nitrogens with one attached hydrogen (secondary N) is 1. The highest BCUT2D eigenvalue weighted by Crippen LogP contribution is 2.29. The lowest BCUT2D eigenvalue weighted by Crippen LogP contribution is -2.42. The summed E-state index contributed by atoms with van der Waals surface area (Å²) in [4.78, 5) is 30.7. The van der Waals surface area contributed by atoms with E-state index in [9.17, 15) is 4.79 Å². The van der Waals surface area contributed by atoms with Gasteiger partial charge in [-0.2, -0.15) is 4.98 Å². The van der Waals surface area contributed by atoms with E-state index in [4.69, 9.17) is 5.73 Å². The Morgan fingerprint density at radius 3 is 2.48 bits per heavy atom. The topological polar surface area (TPSA) is 101 Å². The van der Waals surface area contributed by atoms with Crippen LogP contribution < -0.4 is 5.73 Å². The molecule has 0 spiro atoms. The molecule has 0 aliphatic rings. The molecule has 0 aliphatic carbocycles. The van der Waals surface area contributed by atoms with Gasteiger partial charge < -0.3 is 15.6 Å². The van der Waals surface area contributed by atoms with Crippen molar-refractivity contribution in [2.75, 3.05) is 5.73 Å². The third kappa shape index (κ3) is 3.05. The van der Waals surface area contributed by atoms with Gasteiger partial charge in [0.2, 0.25) is 5.95 Å². The molecular formula is C18H22N6O. The molecule has 0 unspecified atom stereocenters. The van der Waals surface area contributed by atoms with Crippen molar-refractivity contribution in [3.8, 4) is 11.3 Å². The quantitative estimate of drug-likeness (QED) is 0.762. The predicted octanol–water partition coefficient (Wildman–Crippen LogP) is 2.86. The monoisotopic (exact) mass is 338 g/mol. The molecule has 0 bridgehead atoms. The largest absolute Gasteiger partial charge is 0.368 e. The minimum atomic E-state index is -0.0366. The summed E-state index contributed by atoms with van der Waals surface area (Å²) in [5.41, 5.74) is 8.85. The van der Waals surface area contributed by atoms with Gasteiger partial charge in [-0.3, -0.25) is 4.79 Å². The van der Waals surface area contributed by atoms with Crippen molar-refractivity contribution in [2.45, 2.75) is 39.8 Å². The summed E-state index contributed by atoms with van der Waals surface area (Å²) in [6, 6.07) is 7.59. The van der Waals surface area contributed by atoms with E-state index in [2.05, 4.69) is 19.9 Å². The molecule has 0 saturated heterocycles. The zero-order chi connectivity index (χ0) is 18.1. The standard InChI is InChI=1S/C18H22N6O/c1-10(2)24(11(3)4)17(25)13-8-6-5-7-12(13)14-15-16(21-9-20-15)23-18(19)22-14/h5-11H,1-4H3,(H3,19,20,21,22,23). The number of nitrogens with two attached hydrogens (primary N) is 1. The smallest absolute Gasteiger partial charge is 0.255 e. The Balaban J connectivity index is 2.19. The molecule has 1 aromatic carbocycles. The van der Waals surface area contributed by atoms with E-state index in [1.54, 1.807) is 6.33 Å². The van der Waals surface area contributed by atoms with Crippen LogP contribution in [0, 0.1) is 0 Å². The fraction of sp³-hybridized carbons (Fsp3) is 0.333. The molecule has 3 N–H and O–H groups in total. The normalized spacial score (nSPS) is 11.4. The van der Waals surface area contributed by atoms with Crippen molar-refractivity contribution in [3.05, 3.63) is 36.2 Å². The fourth-order valence-electron chi connectivity index (χ4n) is 3.13. The van der Waals surface area contributed by atoms with E-state index < -0.39 is 0 Å². The second kappa shape index (κ2) is 6.51. The summed E-state index contributed by atoms with van der Waals surface area (Å²) >= 11 is 0. The molecule has 2 aromatic heterocycles. The minimum Gasteiger partial charge on any atom is -0.368 e. The van der Waals surface area contributed by atoms with E-state index >= 15 is 0 Å². The molecule has 7 nitrogen and oxygen atoms in total. The fourth-order valence-corrected chi connectivity index (χ4v) is 3.13. The Morgan fingerprint density at radius 2 is 1.80 bits per heavy atom. The zero-order valence-corrected chi connectivity index (χ0v) is 14.8. The highest BCUT2D eigenvalue weighted by molar-refractivity contribution is 6.03. The van der Waals surface area contributed by atoms with Crippen molar-refractivity contribution in [1.82, 2.24) is 24.8 Å². The first-order valence-electron chi connectivity index (χ1n) is 8.28. The SMILES string of the molecule is CC(C)N(C(=O)c1ccccc1-c1nc(N)nc2nc[nH]c12)C(C)C. The lowest BCUT2D eigenvalue weighted by Gasteiger charge is -2.31. The van der Waals surface area contributed by atoms with Crippen molar-refractivity contribution < 1.29 is 4.79 Å². The van der Waals surface area contributed by atoms with Crippen molar-refractivity contribution in [2.24, 2.45) is 0 Å². The van der Waals surface area contributed by atoms with Crippen LogP contribution in [0.4, 0.5) is 5.95 Å². The van der Waals surface area contributed by atoms with Crippen LogP contribution in [-0.4, -0.2) is 42.8 Å². The summed E-state index contributed by atoms with van der Waals surface area (Å²) in [6.07, 6.45) is 1.54. The molecule has 7 heteroatoms. The van der Waals surface area contributed by atoms with Gasteiger partial charge in [0.25, 0.3) is 5.91 Å². The molecule has 0 aliphatic heterocycles. The highest BCUT2D eigenvalue weighted by Gasteiger charge is 2.25. The summed E-state index contributed by atoms with van der Waals surface area (Å²) in [5, 5.41) is 0. The first-order chi connectivity index (χ1) is 11.9. The number of aromatic nitrogens is 4. The molecular weight excluding hydrogens is 316 g/mol. The Morgan fingerprint density at radius 1 is 1.12 bits per heavy atom. The van der Waals surface area contributed by atoms with Crippen molar-refractivity contribution >= 4 is 23.0 Å². The second-order valence-corrected chi connectivity index (χ2v) is 6.48. The molecule has 0 fully saturated rings. The number of aromatic amines is 1. The highest BCUT2D eigenvalue weighted by atomic mass is 16.2. The Kier molecular flexibility index (Phi) is 4.39. The van der Waals surface area contributed by atoms with Gasteiger partial charge in [0.1, 0.15) is 11.2 Å². The van der Waals surface area contributed by atoms with Crippen LogP contribution in [0.25, 0.3) is 22.4 Å². The van der Waals surface area contributed by atoms with Gasteiger partial charge in [-0.15, -0.1) is 0 Å². The number of carbonyl (C=O) groups is 1. The molecule has 2 heterocycles. The van der Waals surface area contributed by atoms with Gasteiger partial charge in [0.05, 0.1) is 6.33 Å². The van der Waals surface area contributed by atoms with E-state index in [1.807, 2.05) is 56.9 Å². The van der Waals surface area contributed by atoms with Gasteiger partial charge >= 0.3 is 0 Å². The summed E-state index contributed by atoms with van der Waals surface area (Å²) in [6.45, 7) is 8.04. The summed E-state index contributed by atoms with van der Waals surface area (Å²) in [7, 11) is 0. The van der Waals surface area contributed by atoms with E-state index in [0.29, 0.717) is 28.0 Å². The molecule has 0 atom stereocenters. The van der Waals surface area contributed by atoms with E-state index in [-0.39, 0.29) is 23.9 Å². The molecule has 1 amide bonds. The third-order valence-electron chi connectivity index (χ3n) is 4.06. The number of carbonyl (C=O) groups excluding carboxylic acids is 1. The predicted molar refractivity (Wildman–Crippen MR) is 98.0 cm³/mol. The van der Waals surface area contributed by atoms with Crippen LogP contribution in [0.5, 0.6) is 0 Å². The maximum absolute atomic E-state index is 13.2. The number of benzene rings is 1. The van der Waals surface area contributed by atoms with E-state index in [0.717, 1.165) is 0 Å². The Labute approximate surface area is 146 Å². The van der Waals surface area contributed by atoms with Gasteiger partial charge in [0.15, 0.2) is 5.65 Å². The number of imidazole rings is 1. The lowest BCUT2D eigenvalue weighted by atomic mass is 10.0. The number of hydrogen-bond donors (Lipinski definition) is 2. The maximum atomic E-state index is 13.2. The Hall–Kier alpha value is -2.96. The number of H-pyrrole nitrogens is 1. The number of nitrogens with zero attached hydrogens (tertiary/aromatic N) is 4. The maximum Gasteiger partial charge on any atom is 0.255 e.